The zero-order valence-electron chi connectivity index (χ0n) is 15.7. The third-order valence-corrected chi connectivity index (χ3v) is 5.55. The number of rotatable bonds is 5. The quantitative estimate of drug-likeness (QED) is 0.780. The van der Waals surface area contributed by atoms with Crippen molar-refractivity contribution in [2.24, 2.45) is 11.8 Å². The monoisotopic (exact) mass is 384 g/mol. The van der Waals surface area contributed by atoms with E-state index in [0.717, 1.165) is 45.0 Å². The molecule has 0 saturated carbocycles. The summed E-state index contributed by atoms with van der Waals surface area (Å²) in [4.78, 5) is 16.4. The molecule has 1 unspecified atom stereocenters. The fourth-order valence-electron chi connectivity index (χ4n) is 3.95. The second-order valence-corrected chi connectivity index (χ2v) is 7.70. The summed E-state index contributed by atoms with van der Waals surface area (Å²) >= 11 is 0. The molecular weight excluding hydrogens is 357 g/mol. The number of hydrogen-bond donors (Lipinski definition) is 0. The van der Waals surface area contributed by atoms with Crippen molar-refractivity contribution >= 4 is 5.91 Å². The molecule has 27 heavy (non-hydrogen) atoms. The molecule has 2 saturated heterocycles. The summed E-state index contributed by atoms with van der Waals surface area (Å²) in [6, 6.07) is 5.57. The van der Waals surface area contributed by atoms with E-state index < -0.39 is 11.7 Å². The number of carbonyl (C=O) groups excluding carboxylic acids is 1. The average molecular weight is 384 g/mol. The Morgan fingerprint density at radius 3 is 2.63 bits per heavy atom. The van der Waals surface area contributed by atoms with E-state index in [2.05, 4.69) is 4.90 Å². The first-order valence-corrected chi connectivity index (χ1v) is 9.54. The minimum Gasteiger partial charge on any atom is -0.381 e. The van der Waals surface area contributed by atoms with Gasteiger partial charge in [0, 0.05) is 26.7 Å². The SMILES string of the molecule is CN(CC1CCN(Cc2cccc(C(F)(F)F)c2)CC1)C(=O)C1CCOC1. The van der Waals surface area contributed by atoms with Crippen molar-refractivity contribution in [3.05, 3.63) is 35.4 Å². The molecule has 0 aliphatic carbocycles. The summed E-state index contributed by atoms with van der Waals surface area (Å²) in [7, 11) is 1.86. The summed E-state index contributed by atoms with van der Waals surface area (Å²) in [6.45, 7) is 4.15. The normalized spacial score (nSPS) is 22.1. The van der Waals surface area contributed by atoms with E-state index in [9.17, 15) is 18.0 Å². The number of alkyl halides is 3. The molecule has 1 aromatic rings. The number of hydrogen-bond acceptors (Lipinski definition) is 3. The molecule has 7 heteroatoms. The number of likely N-dealkylation sites (tertiary alicyclic amines) is 1. The fourth-order valence-corrected chi connectivity index (χ4v) is 3.95. The lowest BCUT2D eigenvalue weighted by Gasteiger charge is -2.34. The molecule has 2 fully saturated rings. The van der Waals surface area contributed by atoms with Gasteiger partial charge in [-0.05, 0) is 49.9 Å². The van der Waals surface area contributed by atoms with Crippen LogP contribution in [0.5, 0.6) is 0 Å². The molecule has 2 aliphatic heterocycles. The van der Waals surface area contributed by atoms with Crippen molar-refractivity contribution in [2.75, 3.05) is 39.9 Å². The average Bonchev–Trinajstić information content (AvgIpc) is 3.17. The highest BCUT2D eigenvalue weighted by Gasteiger charge is 2.31. The number of piperidine rings is 1. The van der Waals surface area contributed by atoms with Crippen LogP contribution in [0.2, 0.25) is 0 Å². The standard InChI is InChI=1S/C20H27F3N2O2/c1-24(19(26)17-7-10-27-14-17)12-15-5-8-25(9-6-15)13-16-3-2-4-18(11-16)20(21,22)23/h2-4,11,15,17H,5-10,12-14H2,1H3. The van der Waals surface area contributed by atoms with Crippen LogP contribution >= 0.6 is 0 Å². The van der Waals surface area contributed by atoms with Crippen molar-refractivity contribution in [1.82, 2.24) is 9.80 Å². The fraction of sp³-hybridized carbons (Fsp3) is 0.650. The van der Waals surface area contributed by atoms with Crippen LogP contribution in [0.1, 0.15) is 30.4 Å². The van der Waals surface area contributed by atoms with Crippen LogP contribution < -0.4 is 0 Å². The number of nitrogens with zero attached hydrogens (tertiary/aromatic N) is 2. The topological polar surface area (TPSA) is 32.8 Å². The number of benzene rings is 1. The number of halogens is 3. The molecular formula is C20H27F3N2O2. The van der Waals surface area contributed by atoms with Crippen molar-refractivity contribution in [1.29, 1.82) is 0 Å². The third-order valence-electron chi connectivity index (χ3n) is 5.55. The molecule has 0 N–H and O–H groups in total. The summed E-state index contributed by atoms with van der Waals surface area (Å²) < 4.78 is 43.8. The maximum Gasteiger partial charge on any atom is 0.416 e. The Kier molecular flexibility index (Phi) is 6.42. The van der Waals surface area contributed by atoms with Gasteiger partial charge in [0.25, 0.3) is 0 Å². The van der Waals surface area contributed by atoms with Gasteiger partial charge in [-0.1, -0.05) is 18.2 Å². The molecule has 3 rings (SSSR count). The van der Waals surface area contributed by atoms with Gasteiger partial charge in [0.15, 0.2) is 0 Å². The first-order valence-electron chi connectivity index (χ1n) is 9.54. The lowest BCUT2D eigenvalue weighted by molar-refractivity contribution is -0.137. The maximum absolute atomic E-state index is 12.8. The second kappa shape index (κ2) is 8.61. The Bertz CT molecular complexity index is 636. The predicted molar refractivity (Wildman–Crippen MR) is 96.0 cm³/mol. The molecule has 150 valence electrons. The maximum atomic E-state index is 12.8. The van der Waals surface area contributed by atoms with Gasteiger partial charge in [0.2, 0.25) is 5.91 Å². The van der Waals surface area contributed by atoms with Crippen LogP contribution in [0.4, 0.5) is 13.2 Å². The predicted octanol–water partition coefficient (Wildman–Crippen LogP) is 3.41. The molecule has 1 aromatic carbocycles. The van der Waals surface area contributed by atoms with Crippen LogP contribution in [-0.4, -0.2) is 55.6 Å². The molecule has 4 nitrogen and oxygen atoms in total. The van der Waals surface area contributed by atoms with Crippen LogP contribution in [0.25, 0.3) is 0 Å². The summed E-state index contributed by atoms with van der Waals surface area (Å²) in [5.41, 5.74) is 0.0997. The Balaban J connectivity index is 1.45. The Morgan fingerprint density at radius 2 is 2.00 bits per heavy atom. The van der Waals surface area contributed by atoms with Gasteiger partial charge in [0.1, 0.15) is 0 Å². The van der Waals surface area contributed by atoms with Crippen molar-refractivity contribution < 1.29 is 22.7 Å². The summed E-state index contributed by atoms with van der Waals surface area (Å²) in [5.74, 6) is 0.605. The van der Waals surface area contributed by atoms with E-state index in [1.807, 2.05) is 11.9 Å². The van der Waals surface area contributed by atoms with Crippen LogP contribution in [0.15, 0.2) is 24.3 Å². The Hall–Kier alpha value is -1.60. The van der Waals surface area contributed by atoms with E-state index in [4.69, 9.17) is 4.74 Å². The van der Waals surface area contributed by atoms with Gasteiger partial charge < -0.3 is 9.64 Å². The molecule has 0 spiro atoms. The largest absolute Gasteiger partial charge is 0.416 e. The van der Waals surface area contributed by atoms with E-state index in [1.165, 1.54) is 12.1 Å². The zero-order valence-corrected chi connectivity index (χ0v) is 15.7. The molecule has 2 aliphatic rings. The lowest BCUT2D eigenvalue weighted by Crippen LogP contribution is -2.41. The highest BCUT2D eigenvalue weighted by Crippen LogP contribution is 2.30. The first kappa shape index (κ1) is 20.1. The highest BCUT2D eigenvalue weighted by atomic mass is 19.4. The number of amides is 1. The van der Waals surface area contributed by atoms with Gasteiger partial charge in [-0.25, -0.2) is 0 Å². The molecule has 0 bridgehead atoms. The van der Waals surface area contributed by atoms with Gasteiger partial charge in [-0.2, -0.15) is 13.2 Å². The molecule has 1 amide bonds. The zero-order chi connectivity index (χ0) is 19.4. The van der Waals surface area contributed by atoms with E-state index in [-0.39, 0.29) is 11.8 Å². The first-order chi connectivity index (χ1) is 12.8. The van der Waals surface area contributed by atoms with E-state index in [0.29, 0.717) is 31.2 Å². The summed E-state index contributed by atoms with van der Waals surface area (Å²) in [5, 5.41) is 0. The second-order valence-electron chi connectivity index (χ2n) is 7.70. The smallest absolute Gasteiger partial charge is 0.381 e. The molecule has 1 atom stereocenters. The minimum absolute atomic E-state index is 0.00371. The van der Waals surface area contributed by atoms with Gasteiger partial charge in [-0.3, -0.25) is 9.69 Å². The summed E-state index contributed by atoms with van der Waals surface area (Å²) in [6.07, 6.45) is -1.58. The Labute approximate surface area is 158 Å². The third kappa shape index (κ3) is 5.45. The highest BCUT2D eigenvalue weighted by molar-refractivity contribution is 5.78. The van der Waals surface area contributed by atoms with Crippen LogP contribution in [0, 0.1) is 11.8 Å². The van der Waals surface area contributed by atoms with Crippen LogP contribution in [0.3, 0.4) is 0 Å². The van der Waals surface area contributed by atoms with Gasteiger partial charge in [0.05, 0.1) is 18.1 Å². The van der Waals surface area contributed by atoms with E-state index in [1.54, 1.807) is 6.07 Å². The molecule has 2 heterocycles. The lowest BCUT2D eigenvalue weighted by atomic mass is 9.95. The van der Waals surface area contributed by atoms with Crippen LogP contribution in [-0.2, 0) is 22.3 Å². The van der Waals surface area contributed by atoms with Gasteiger partial charge >= 0.3 is 6.18 Å². The minimum atomic E-state index is -4.30. The van der Waals surface area contributed by atoms with Crippen molar-refractivity contribution in [2.45, 2.75) is 32.0 Å². The van der Waals surface area contributed by atoms with Crippen molar-refractivity contribution in [3.63, 3.8) is 0 Å². The molecule has 0 aromatic heterocycles. The number of carbonyl (C=O) groups is 1. The number of ether oxygens (including phenoxy) is 1. The molecule has 0 radical (unpaired) electrons. The van der Waals surface area contributed by atoms with Crippen molar-refractivity contribution in [3.8, 4) is 0 Å². The van der Waals surface area contributed by atoms with Gasteiger partial charge in [-0.15, -0.1) is 0 Å². The Morgan fingerprint density at radius 1 is 1.26 bits per heavy atom. The van der Waals surface area contributed by atoms with E-state index >= 15 is 0 Å².